The number of ether oxygens (including phenoxy) is 1. The van der Waals surface area contributed by atoms with Gasteiger partial charge >= 0.3 is 0 Å². The van der Waals surface area contributed by atoms with Gasteiger partial charge in [-0.1, -0.05) is 29.7 Å². The lowest BCUT2D eigenvalue weighted by Gasteiger charge is -2.32. The highest BCUT2D eigenvalue weighted by molar-refractivity contribution is 5.23. The molecule has 0 bridgehead atoms. The van der Waals surface area contributed by atoms with Crippen molar-refractivity contribution in [2.75, 3.05) is 0 Å². The number of epoxide rings is 1. The van der Waals surface area contributed by atoms with E-state index in [2.05, 4.69) is 40.7 Å². The molecule has 21 heavy (non-hydrogen) atoms. The highest BCUT2D eigenvalue weighted by Gasteiger charge is 2.52. The molecule has 0 N–H and O–H groups in total. The van der Waals surface area contributed by atoms with E-state index < -0.39 is 0 Å². The van der Waals surface area contributed by atoms with Gasteiger partial charge in [-0.05, 0) is 84.0 Å². The number of hydrogen-bond donors (Lipinski definition) is 0. The van der Waals surface area contributed by atoms with Crippen molar-refractivity contribution >= 4 is 0 Å². The maximum atomic E-state index is 6.06. The fourth-order valence-corrected chi connectivity index (χ4v) is 4.73. The molecule has 0 aromatic carbocycles. The number of allylic oxidation sites excluding steroid dienone is 4. The molecule has 0 radical (unpaired) electrons. The lowest BCUT2D eigenvalue weighted by atomic mass is 9.72. The summed E-state index contributed by atoms with van der Waals surface area (Å²) in [6, 6.07) is 0. The van der Waals surface area contributed by atoms with Crippen LogP contribution in [0.4, 0.5) is 0 Å². The van der Waals surface area contributed by atoms with E-state index >= 15 is 0 Å². The number of rotatable bonds is 0. The van der Waals surface area contributed by atoms with Crippen molar-refractivity contribution in [1.82, 2.24) is 0 Å². The van der Waals surface area contributed by atoms with E-state index in [9.17, 15) is 0 Å². The normalized spacial score (nSPS) is 46.0. The van der Waals surface area contributed by atoms with E-state index in [1.165, 1.54) is 44.9 Å². The molecule has 2 aliphatic carbocycles. The molecule has 1 saturated heterocycles. The van der Waals surface area contributed by atoms with Crippen molar-refractivity contribution in [2.24, 2.45) is 11.3 Å². The standard InChI is InChI=1S/C20H32O/c1-14(2)16-9-12-19(4)11-8-15(3)6-7-18-20(5,21-18)13-10-17(16)19/h8,17-18H,6-7,9-13H2,1-5H3/b15-8+/t17?,18-,19-,20-/m0/s1. The van der Waals surface area contributed by atoms with Crippen LogP contribution in [0, 0.1) is 11.3 Å². The molecule has 1 heterocycles. The molecular weight excluding hydrogens is 256 g/mol. The fraction of sp³-hybridized carbons (Fsp3) is 0.800. The summed E-state index contributed by atoms with van der Waals surface area (Å²) in [5.74, 6) is 0.770. The van der Waals surface area contributed by atoms with E-state index in [0.717, 1.165) is 5.92 Å². The number of hydrogen-bond acceptors (Lipinski definition) is 1. The Balaban J connectivity index is 1.89. The van der Waals surface area contributed by atoms with Crippen LogP contribution in [0.5, 0.6) is 0 Å². The highest BCUT2D eigenvalue weighted by atomic mass is 16.6. The van der Waals surface area contributed by atoms with Gasteiger partial charge in [0.05, 0.1) is 11.7 Å². The quantitative estimate of drug-likeness (QED) is 0.405. The summed E-state index contributed by atoms with van der Waals surface area (Å²) < 4.78 is 6.06. The molecule has 4 atom stereocenters. The molecule has 0 aromatic rings. The Morgan fingerprint density at radius 3 is 2.62 bits per heavy atom. The molecule has 2 fully saturated rings. The van der Waals surface area contributed by atoms with Crippen molar-refractivity contribution in [3.8, 4) is 0 Å². The van der Waals surface area contributed by atoms with Crippen molar-refractivity contribution in [2.45, 2.75) is 91.3 Å². The minimum Gasteiger partial charge on any atom is -0.366 e. The molecule has 3 aliphatic rings. The zero-order valence-corrected chi connectivity index (χ0v) is 14.6. The van der Waals surface area contributed by atoms with Crippen LogP contribution in [0.1, 0.15) is 79.6 Å². The largest absolute Gasteiger partial charge is 0.366 e. The molecule has 1 heteroatoms. The summed E-state index contributed by atoms with van der Waals surface area (Å²) in [5, 5.41) is 0. The summed E-state index contributed by atoms with van der Waals surface area (Å²) in [4.78, 5) is 0. The zero-order chi connectivity index (χ0) is 15.3. The van der Waals surface area contributed by atoms with Crippen molar-refractivity contribution in [3.63, 3.8) is 0 Å². The second-order valence-electron chi connectivity index (χ2n) is 8.48. The summed E-state index contributed by atoms with van der Waals surface area (Å²) in [6.07, 6.45) is 12.0. The van der Waals surface area contributed by atoms with Gasteiger partial charge in [-0.2, -0.15) is 0 Å². The van der Waals surface area contributed by atoms with Crippen LogP contribution in [0.2, 0.25) is 0 Å². The summed E-state index contributed by atoms with van der Waals surface area (Å²) in [6.45, 7) is 11.8. The SMILES string of the molecule is CC(C)=C1CC[C@]2(C)C/C=C(\C)CC[C@@H]3O[C@@]3(C)CCC12. The first kappa shape index (κ1) is 15.3. The first-order chi connectivity index (χ1) is 9.84. The molecule has 118 valence electrons. The highest BCUT2D eigenvalue weighted by Crippen LogP contribution is 2.55. The second kappa shape index (κ2) is 5.26. The Kier molecular flexibility index (Phi) is 3.84. The van der Waals surface area contributed by atoms with Gasteiger partial charge < -0.3 is 4.74 Å². The first-order valence-electron chi connectivity index (χ1n) is 8.84. The summed E-state index contributed by atoms with van der Waals surface area (Å²) in [5.41, 5.74) is 5.54. The van der Waals surface area contributed by atoms with Crippen LogP contribution in [0.15, 0.2) is 22.8 Å². The Morgan fingerprint density at radius 2 is 1.90 bits per heavy atom. The molecule has 1 unspecified atom stereocenters. The smallest absolute Gasteiger partial charge is 0.0920 e. The Bertz CT molecular complexity index is 482. The van der Waals surface area contributed by atoms with Gasteiger partial charge in [0.2, 0.25) is 0 Å². The van der Waals surface area contributed by atoms with E-state index in [-0.39, 0.29) is 5.60 Å². The Hall–Kier alpha value is -0.560. The van der Waals surface area contributed by atoms with E-state index in [4.69, 9.17) is 4.74 Å². The van der Waals surface area contributed by atoms with Gasteiger partial charge in [0.15, 0.2) is 0 Å². The predicted molar refractivity (Wildman–Crippen MR) is 89.3 cm³/mol. The molecule has 0 spiro atoms. The minimum atomic E-state index is 0.181. The molecule has 3 rings (SSSR count). The molecule has 0 amide bonds. The van der Waals surface area contributed by atoms with Gasteiger partial charge in [0, 0.05) is 0 Å². The van der Waals surface area contributed by atoms with Gasteiger partial charge in [-0.15, -0.1) is 0 Å². The van der Waals surface area contributed by atoms with Crippen molar-refractivity contribution in [3.05, 3.63) is 22.8 Å². The van der Waals surface area contributed by atoms with Crippen LogP contribution < -0.4 is 0 Å². The minimum absolute atomic E-state index is 0.181. The van der Waals surface area contributed by atoms with Gasteiger partial charge in [0.1, 0.15) is 0 Å². The Labute approximate surface area is 130 Å². The first-order valence-corrected chi connectivity index (χ1v) is 8.84. The van der Waals surface area contributed by atoms with Crippen LogP contribution >= 0.6 is 0 Å². The molecule has 1 saturated carbocycles. The number of fused-ring (bicyclic) bond motifs is 2. The maximum absolute atomic E-state index is 6.06. The fourth-order valence-electron chi connectivity index (χ4n) is 4.73. The van der Waals surface area contributed by atoms with Gasteiger partial charge in [-0.25, -0.2) is 0 Å². The average molecular weight is 288 g/mol. The van der Waals surface area contributed by atoms with Crippen LogP contribution in [-0.2, 0) is 4.74 Å². The average Bonchev–Trinajstić information content (AvgIpc) is 2.94. The second-order valence-corrected chi connectivity index (χ2v) is 8.48. The van der Waals surface area contributed by atoms with E-state index in [1.807, 2.05) is 0 Å². The topological polar surface area (TPSA) is 12.5 Å². The molecule has 1 aliphatic heterocycles. The Morgan fingerprint density at radius 1 is 1.14 bits per heavy atom. The van der Waals surface area contributed by atoms with E-state index in [1.54, 1.807) is 16.7 Å². The van der Waals surface area contributed by atoms with Crippen LogP contribution in [0.25, 0.3) is 0 Å². The zero-order valence-electron chi connectivity index (χ0n) is 14.6. The molecule has 1 nitrogen and oxygen atoms in total. The lowest BCUT2D eigenvalue weighted by Crippen LogP contribution is -2.24. The third kappa shape index (κ3) is 2.86. The van der Waals surface area contributed by atoms with Crippen LogP contribution in [-0.4, -0.2) is 11.7 Å². The monoisotopic (exact) mass is 288 g/mol. The summed E-state index contributed by atoms with van der Waals surface area (Å²) >= 11 is 0. The van der Waals surface area contributed by atoms with E-state index in [0.29, 0.717) is 11.5 Å². The third-order valence-electron chi connectivity index (χ3n) is 6.55. The molecule has 0 aromatic heterocycles. The summed E-state index contributed by atoms with van der Waals surface area (Å²) in [7, 11) is 0. The third-order valence-corrected chi connectivity index (χ3v) is 6.55. The van der Waals surface area contributed by atoms with Crippen molar-refractivity contribution < 1.29 is 4.74 Å². The maximum Gasteiger partial charge on any atom is 0.0920 e. The van der Waals surface area contributed by atoms with Crippen LogP contribution in [0.3, 0.4) is 0 Å². The van der Waals surface area contributed by atoms with Crippen molar-refractivity contribution in [1.29, 1.82) is 0 Å². The lowest BCUT2D eigenvalue weighted by molar-refractivity contribution is 0.211. The predicted octanol–water partition coefficient (Wildman–Crippen LogP) is 5.81. The van der Waals surface area contributed by atoms with Gasteiger partial charge in [0.25, 0.3) is 0 Å². The molecular formula is C20H32O. The van der Waals surface area contributed by atoms with Gasteiger partial charge in [-0.3, -0.25) is 0 Å².